The fourth-order valence-electron chi connectivity index (χ4n) is 2.91. The van der Waals surface area contributed by atoms with Gasteiger partial charge in [0.2, 0.25) is 0 Å². The number of hydrogen-bond acceptors (Lipinski definition) is 3. The number of aryl methyl sites for hydroxylation is 1. The highest BCUT2D eigenvalue weighted by Crippen LogP contribution is 2.31. The van der Waals surface area contributed by atoms with Crippen LogP contribution in [0.25, 0.3) is 0 Å². The minimum Gasteiger partial charge on any atom is -0.395 e. The zero-order valence-electron chi connectivity index (χ0n) is 11.4. The number of rotatable bonds is 5. The van der Waals surface area contributed by atoms with Crippen LogP contribution >= 0.6 is 12.2 Å². The van der Waals surface area contributed by atoms with E-state index >= 15 is 0 Å². The molecule has 0 atom stereocenters. The van der Waals surface area contributed by atoms with Crippen molar-refractivity contribution in [2.75, 3.05) is 18.1 Å². The molecule has 3 nitrogen and oxygen atoms in total. The first-order valence-electron chi connectivity index (χ1n) is 6.91. The Morgan fingerprint density at radius 2 is 2.11 bits per heavy atom. The summed E-state index contributed by atoms with van der Waals surface area (Å²) in [5.41, 5.74) is 9.03. The van der Waals surface area contributed by atoms with Crippen LogP contribution in [0.15, 0.2) is 18.2 Å². The molecule has 0 radical (unpaired) electrons. The second-order valence-corrected chi connectivity index (χ2v) is 5.68. The first-order chi connectivity index (χ1) is 9.13. The predicted molar refractivity (Wildman–Crippen MR) is 83.8 cm³/mol. The van der Waals surface area contributed by atoms with Gasteiger partial charge in [-0.05, 0) is 37.5 Å². The largest absolute Gasteiger partial charge is 0.395 e. The van der Waals surface area contributed by atoms with E-state index in [0.717, 1.165) is 11.3 Å². The van der Waals surface area contributed by atoms with Crippen molar-refractivity contribution in [3.8, 4) is 0 Å². The number of nitrogens with two attached hydrogens (primary N) is 1. The summed E-state index contributed by atoms with van der Waals surface area (Å²) in [6.07, 6.45) is 4.90. The maximum Gasteiger partial charge on any atom is 0.106 e. The summed E-state index contributed by atoms with van der Waals surface area (Å²) < 4.78 is 0. The van der Waals surface area contributed by atoms with E-state index in [2.05, 4.69) is 17.9 Å². The van der Waals surface area contributed by atoms with E-state index in [1.54, 1.807) is 0 Å². The topological polar surface area (TPSA) is 49.5 Å². The Hall–Kier alpha value is -1.13. The molecule has 1 aromatic rings. The highest BCUT2D eigenvalue weighted by molar-refractivity contribution is 7.80. The number of benzene rings is 1. The van der Waals surface area contributed by atoms with Gasteiger partial charge in [-0.3, -0.25) is 0 Å². The van der Waals surface area contributed by atoms with Gasteiger partial charge >= 0.3 is 0 Å². The normalized spacial score (nSPS) is 15.7. The number of nitrogens with zero attached hydrogens (tertiary/aromatic N) is 1. The van der Waals surface area contributed by atoms with Gasteiger partial charge in [-0.2, -0.15) is 0 Å². The molecule has 104 valence electrons. The molecule has 1 aliphatic carbocycles. The van der Waals surface area contributed by atoms with Gasteiger partial charge in [-0.25, -0.2) is 0 Å². The molecule has 0 spiro atoms. The van der Waals surface area contributed by atoms with Gasteiger partial charge in [0.15, 0.2) is 0 Å². The molecule has 0 heterocycles. The first kappa shape index (κ1) is 14.3. The zero-order valence-corrected chi connectivity index (χ0v) is 12.2. The number of aliphatic hydroxyl groups is 1. The average molecular weight is 278 g/mol. The van der Waals surface area contributed by atoms with Crippen LogP contribution in [0.5, 0.6) is 0 Å². The van der Waals surface area contributed by atoms with Gasteiger partial charge in [0.05, 0.1) is 6.61 Å². The van der Waals surface area contributed by atoms with Gasteiger partial charge in [-0.15, -0.1) is 0 Å². The van der Waals surface area contributed by atoms with Crippen LogP contribution in [0.4, 0.5) is 5.69 Å². The summed E-state index contributed by atoms with van der Waals surface area (Å²) in [4.78, 5) is 2.71. The molecule has 1 aliphatic rings. The standard InChI is InChI=1S/C15H22N2OS/c1-11-6-7-13(15(16)19)14(10-11)17(8-9-18)12-4-2-3-5-12/h6-7,10,12,18H,2-5,8-9H2,1H3,(H2,16,19). The molecule has 1 aromatic carbocycles. The summed E-state index contributed by atoms with van der Waals surface area (Å²) in [6.45, 7) is 2.86. The first-order valence-corrected chi connectivity index (χ1v) is 7.32. The number of thiocarbonyl (C=S) groups is 1. The maximum absolute atomic E-state index is 9.35. The number of hydrogen-bond donors (Lipinski definition) is 2. The molecule has 19 heavy (non-hydrogen) atoms. The van der Waals surface area contributed by atoms with Gasteiger partial charge in [-0.1, -0.05) is 31.1 Å². The van der Waals surface area contributed by atoms with Gasteiger partial charge in [0, 0.05) is 23.8 Å². The molecular weight excluding hydrogens is 256 g/mol. The van der Waals surface area contributed by atoms with Gasteiger partial charge < -0.3 is 15.7 Å². The molecule has 2 rings (SSSR count). The maximum atomic E-state index is 9.35. The van der Waals surface area contributed by atoms with Crippen molar-refractivity contribution < 1.29 is 5.11 Å². The van der Waals surface area contributed by atoms with Crippen LogP contribution in [0.3, 0.4) is 0 Å². The molecule has 0 aliphatic heterocycles. The van der Waals surface area contributed by atoms with Crippen molar-refractivity contribution in [3.63, 3.8) is 0 Å². The summed E-state index contributed by atoms with van der Waals surface area (Å²) in [5.74, 6) is 0. The Morgan fingerprint density at radius 1 is 1.42 bits per heavy atom. The summed E-state index contributed by atoms with van der Waals surface area (Å²) in [5, 5.41) is 9.35. The van der Waals surface area contributed by atoms with Crippen LogP contribution in [0.1, 0.15) is 36.8 Å². The van der Waals surface area contributed by atoms with E-state index in [9.17, 15) is 5.11 Å². The van der Waals surface area contributed by atoms with E-state index in [1.807, 2.05) is 12.1 Å². The van der Waals surface area contributed by atoms with Gasteiger partial charge in [0.1, 0.15) is 4.99 Å². The quantitative estimate of drug-likeness (QED) is 0.812. The lowest BCUT2D eigenvalue weighted by molar-refractivity contribution is 0.297. The zero-order chi connectivity index (χ0) is 13.8. The summed E-state index contributed by atoms with van der Waals surface area (Å²) >= 11 is 5.16. The van der Waals surface area contributed by atoms with Crippen molar-refractivity contribution in [1.82, 2.24) is 0 Å². The van der Waals surface area contributed by atoms with Crippen molar-refractivity contribution in [2.45, 2.75) is 38.6 Å². The van der Waals surface area contributed by atoms with Crippen molar-refractivity contribution in [1.29, 1.82) is 0 Å². The molecule has 1 fully saturated rings. The molecule has 0 bridgehead atoms. The van der Waals surface area contributed by atoms with Crippen molar-refractivity contribution in [3.05, 3.63) is 29.3 Å². The predicted octanol–water partition coefficient (Wildman–Crippen LogP) is 2.37. The second-order valence-electron chi connectivity index (χ2n) is 5.24. The molecule has 0 unspecified atom stereocenters. The minimum atomic E-state index is 0.154. The highest BCUT2D eigenvalue weighted by Gasteiger charge is 2.24. The SMILES string of the molecule is Cc1ccc(C(N)=S)c(N(CCO)C2CCCC2)c1. The molecule has 3 N–H and O–H groups in total. The Balaban J connectivity index is 2.39. The van der Waals surface area contributed by atoms with Crippen LogP contribution in [0, 0.1) is 6.92 Å². The number of anilines is 1. The summed E-state index contributed by atoms with van der Waals surface area (Å²) in [6, 6.07) is 6.65. The molecular formula is C15H22N2OS. The van der Waals surface area contributed by atoms with Crippen LogP contribution < -0.4 is 10.6 Å². The van der Waals surface area contributed by atoms with E-state index < -0.39 is 0 Å². The second kappa shape index (κ2) is 6.35. The lowest BCUT2D eigenvalue weighted by atomic mass is 10.1. The van der Waals surface area contributed by atoms with Crippen LogP contribution in [-0.4, -0.2) is 29.3 Å². The molecule has 1 saturated carbocycles. The minimum absolute atomic E-state index is 0.154. The van der Waals surface area contributed by atoms with E-state index in [4.69, 9.17) is 18.0 Å². The molecule has 0 amide bonds. The lowest BCUT2D eigenvalue weighted by Gasteiger charge is -2.32. The molecule has 0 saturated heterocycles. The van der Waals surface area contributed by atoms with Crippen molar-refractivity contribution in [2.24, 2.45) is 5.73 Å². The third kappa shape index (κ3) is 3.25. The molecule has 4 heteroatoms. The van der Waals surface area contributed by atoms with Crippen molar-refractivity contribution >= 4 is 22.9 Å². The van der Waals surface area contributed by atoms with E-state index in [-0.39, 0.29) is 6.61 Å². The fourth-order valence-corrected chi connectivity index (χ4v) is 3.08. The third-order valence-corrected chi connectivity index (χ3v) is 4.05. The fraction of sp³-hybridized carbons (Fsp3) is 0.533. The van der Waals surface area contributed by atoms with E-state index in [0.29, 0.717) is 17.6 Å². The van der Waals surface area contributed by atoms with Crippen LogP contribution in [-0.2, 0) is 0 Å². The van der Waals surface area contributed by atoms with Gasteiger partial charge in [0.25, 0.3) is 0 Å². The highest BCUT2D eigenvalue weighted by atomic mass is 32.1. The molecule has 0 aromatic heterocycles. The Morgan fingerprint density at radius 3 is 2.68 bits per heavy atom. The third-order valence-electron chi connectivity index (χ3n) is 3.83. The average Bonchev–Trinajstić information content (AvgIpc) is 2.89. The smallest absolute Gasteiger partial charge is 0.106 e. The van der Waals surface area contributed by atoms with Crippen LogP contribution in [0.2, 0.25) is 0 Å². The Kier molecular flexibility index (Phi) is 4.77. The monoisotopic (exact) mass is 278 g/mol. The Labute approximate surface area is 120 Å². The number of aliphatic hydroxyl groups excluding tert-OH is 1. The Bertz CT molecular complexity index is 455. The van der Waals surface area contributed by atoms with E-state index in [1.165, 1.54) is 31.2 Å². The summed E-state index contributed by atoms with van der Waals surface area (Å²) in [7, 11) is 0. The lowest BCUT2D eigenvalue weighted by Crippen LogP contribution is -2.37.